The molecule has 4 rings (SSSR count). The zero-order valence-electron chi connectivity index (χ0n) is 16.4. The highest BCUT2D eigenvalue weighted by molar-refractivity contribution is 5.82. The second-order valence-electron chi connectivity index (χ2n) is 7.42. The van der Waals surface area contributed by atoms with Crippen molar-refractivity contribution in [2.75, 3.05) is 24.5 Å². The van der Waals surface area contributed by atoms with E-state index in [4.69, 9.17) is 0 Å². The van der Waals surface area contributed by atoms with Gasteiger partial charge in [0.2, 0.25) is 5.91 Å². The first-order valence-corrected chi connectivity index (χ1v) is 9.34. The van der Waals surface area contributed by atoms with Crippen molar-refractivity contribution >= 4 is 17.4 Å². The standard InChI is InChI=1S/C21H25N5O/c1-14-5-7-18(8-6-14)12-25-10-9-24(13-20(25)27)19-11-15(2)22-21-16(3)17(4)23-26(19)21/h5-8,11H,9-10,12-13H2,1-4H3. The summed E-state index contributed by atoms with van der Waals surface area (Å²) in [4.78, 5) is 21.5. The van der Waals surface area contributed by atoms with Gasteiger partial charge in [-0.3, -0.25) is 4.79 Å². The third-order valence-corrected chi connectivity index (χ3v) is 5.30. The summed E-state index contributed by atoms with van der Waals surface area (Å²) in [5, 5.41) is 4.64. The number of carbonyl (C=O) groups excluding carboxylic acids is 1. The predicted molar refractivity (Wildman–Crippen MR) is 106 cm³/mol. The lowest BCUT2D eigenvalue weighted by molar-refractivity contribution is -0.131. The first-order chi connectivity index (χ1) is 12.9. The lowest BCUT2D eigenvalue weighted by Gasteiger charge is -2.35. The number of nitrogens with zero attached hydrogens (tertiary/aromatic N) is 5. The van der Waals surface area contributed by atoms with Gasteiger partial charge in [0.15, 0.2) is 5.65 Å². The summed E-state index contributed by atoms with van der Waals surface area (Å²) in [5.41, 5.74) is 6.27. The number of fused-ring (bicyclic) bond motifs is 1. The smallest absolute Gasteiger partial charge is 0.242 e. The Bertz CT molecular complexity index is 1010. The summed E-state index contributed by atoms with van der Waals surface area (Å²) < 4.78 is 1.88. The molecule has 0 saturated carbocycles. The molecule has 140 valence electrons. The Labute approximate surface area is 159 Å². The van der Waals surface area contributed by atoms with Crippen LogP contribution >= 0.6 is 0 Å². The maximum atomic E-state index is 12.8. The number of hydrogen-bond acceptors (Lipinski definition) is 4. The molecule has 6 nitrogen and oxygen atoms in total. The van der Waals surface area contributed by atoms with E-state index in [1.54, 1.807) is 0 Å². The van der Waals surface area contributed by atoms with Crippen LogP contribution in [0.5, 0.6) is 0 Å². The number of aromatic nitrogens is 3. The molecule has 1 saturated heterocycles. The minimum atomic E-state index is 0.144. The molecule has 1 fully saturated rings. The van der Waals surface area contributed by atoms with Gasteiger partial charge >= 0.3 is 0 Å². The van der Waals surface area contributed by atoms with E-state index in [1.165, 1.54) is 11.1 Å². The van der Waals surface area contributed by atoms with Crippen LogP contribution in [0.25, 0.3) is 5.65 Å². The Balaban J connectivity index is 1.56. The normalized spacial score (nSPS) is 15.0. The van der Waals surface area contributed by atoms with Crippen LogP contribution in [0.4, 0.5) is 5.82 Å². The maximum Gasteiger partial charge on any atom is 0.242 e. The molecule has 3 aromatic rings. The number of benzene rings is 1. The number of amides is 1. The summed E-state index contributed by atoms with van der Waals surface area (Å²) in [7, 11) is 0. The zero-order valence-corrected chi connectivity index (χ0v) is 16.4. The molecule has 6 heteroatoms. The monoisotopic (exact) mass is 363 g/mol. The Hall–Kier alpha value is -2.89. The molecule has 0 unspecified atom stereocenters. The van der Waals surface area contributed by atoms with Crippen molar-refractivity contribution in [3.63, 3.8) is 0 Å². The molecule has 0 bridgehead atoms. The lowest BCUT2D eigenvalue weighted by Crippen LogP contribution is -2.50. The lowest BCUT2D eigenvalue weighted by atomic mass is 10.1. The quantitative estimate of drug-likeness (QED) is 0.718. The van der Waals surface area contributed by atoms with Gasteiger partial charge in [-0.1, -0.05) is 29.8 Å². The van der Waals surface area contributed by atoms with Gasteiger partial charge in [0.05, 0.1) is 12.2 Å². The van der Waals surface area contributed by atoms with Crippen molar-refractivity contribution < 1.29 is 4.79 Å². The molecule has 27 heavy (non-hydrogen) atoms. The molecule has 0 atom stereocenters. The molecule has 0 spiro atoms. The average molecular weight is 363 g/mol. The van der Waals surface area contributed by atoms with Crippen LogP contribution < -0.4 is 4.90 Å². The summed E-state index contributed by atoms with van der Waals surface area (Å²) in [5.74, 6) is 1.09. The van der Waals surface area contributed by atoms with E-state index in [9.17, 15) is 4.79 Å². The fourth-order valence-electron chi connectivity index (χ4n) is 3.54. The van der Waals surface area contributed by atoms with Crippen LogP contribution in [-0.2, 0) is 11.3 Å². The number of carbonyl (C=O) groups is 1. The van der Waals surface area contributed by atoms with Gasteiger partial charge in [-0.25, -0.2) is 4.98 Å². The van der Waals surface area contributed by atoms with Crippen LogP contribution in [0.15, 0.2) is 30.3 Å². The Kier molecular flexibility index (Phi) is 4.34. The van der Waals surface area contributed by atoms with Gasteiger partial charge in [0.25, 0.3) is 0 Å². The molecular weight excluding hydrogens is 338 g/mol. The van der Waals surface area contributed by atoms with Crippen LogP contribution in [-0.4, -0.2) is 45.0 Å². The van der Waals surface area contributed by atoms with Crippen molar-refractivity contribution in [3.05, 3.63) is 58.4 Å². The van der Waals surface area contributed by atoms with Crippen molar-refractivity contribution in [1.82, 2.24) is 19.5 Å². The predicted octanol–water partition coefficient (Wildman–Crippen LogP) is 2.81. The molecule has 1 amide bonds. The highest BCUT2D eigenvalue weighted by Gasteiger charge is 2.26. The second kappa shape index (κ2) is 6.68. The fraction of sp³-hybridized carbons (Fsp3) is 0.381. The molecule has 1 aromatic carbocycles. The molecule has 0 N–H and O–H groups in total. The van der Waals surface area contributed by atoms with Crippen LogP contribution in [0.3, 0.4) is 0 Å². The van der Waals surface area contributed by atoms with E-state index in [2.05, 4.69) is 46.2 Å². The number of anilines is 1. The van der Waals surface area contributed by atoms with Gasteiger partial charge in [-0.05, 0) is 33.3 Å². The summed E-state index contributed by atoms with van der Waals surface area (Å²) in [6.07, 6.45) is 0. The zero-order chi connectivity index (χ0) is 19.1. The van der Waals surface area contributed by atoms with Gasteiger partial charge in [-0.2, -0.15) is 9.61 Å². The molecule has 0 aliphatic carbocycles. The Morgan fingerprint density at radius 1 is 1.04 bits per heavy atom. The Morgan fingerprint density at radius 2 is 1.78 bits per heavy atom. The molecule has 2 aromatic heterocycles. The minimum Gasteiger partial charge on any atom is -0.345 e. The molecule has 1 aliphatic rings. The van der Waals surface area contributed by atoms with E-state index >= 15 is 0 Å². The number of hydrogen-bond donors (Lipinski definition) is 0. The molecule has 3 heterocycles. The fourth-order valence-corrected chi connectivity index (χ4v) is 3.54. The summed E-state index contributed by atoms with van der Waals surface area (Å²) >= 11 is 0. The maximum absolute atomic E-state index is 12.8. The second-order valence-corrected chi connectivity index (χ2v) is 7.42. The van der Waals surface area contributed by atoms with Gasteiger partial charge in [0, 0.05) is 37.0 Å². The van der Waals surface area contributed by atoms with Crippen molar-refractivity contribution in [3.8, 4) is 0 Å². The summed E-state index contributed by atoms with van der Waals surface area (Å²) in [6, 6.07) is 10.4. The van der Waals surface area contributed by atoms with Crippen LogP contribution in [0.2, 0.25) is 0 Å². The van der Waals surface area contributed by atoms with E-state index < -0.39 is 0 Å². The number of piperazine rings is 1. The largest absolute Gasteiger partial charge is 0.345 e. The minimum absolute atomic E-state index is 0.144. The van der Waals surface area contributed by atoms with E-state index in [-0.39, 0.29) is 5.91 Å². The van der Waals surface area contributed by atoms with Gasteiger partial charge in [0.1, 0.15) is 5.82 Å². The van der Waals surface area contributed by atoms with Crippen LogP contribution in [0.1, 0.15) is 28.1 Å². The van der Waals surface area contributed by atoms with Crippen molar-refractivity contribution in [2.24, 2.45) is 0 Å². The third-order valence-electron chi connectivity index (χ3n) is 5.30. The van der Waals surface area contributed by atoms with E-state index in [0.29, 0.717) is 19.6 Å². The number of rotatable bonds is 3. The summed E-state index contributed by atoms with van der Waals surface area (Å²) in [6.45, 7) is 10.6. The Morgan fingerprint density at radius 3 is 2.48 bits per heavy atom. The highest BCUT2D eigenvalue weighted by atomic mass is 16.2. The first kappa shape index (κ1) is 17.5. The molecular formula is C21H25N5O. The number of aryl methyl sites for hydroxylation is 4. The topological polar surface area (TPSA) is 53.7 Å². The van der Waals surface area contributed by atoms with Crippen molar-refractivity contribution in [2.45, 2.75) is 34.2 Å². The third kappa shape index (κ3) is 3.27. The van der Waals surface area contributed by atoms with Gasteiger partial charge in [-0.15, -0.1) is 0 Å². The first-order valence-electron chi connectivity index (χ1n) is 9.34. The van der Waals surface area contributed by atoms with Crippen molar-refractivity contribution in [1.29, 1.82) is 0 Å². The van der Waals surface area contributed by atoms with Gasteiger partial charge < -0.3 is 9.80 Å². The van der Waals surface area contributed by atoms with E-state index in [0.717, 1.165) is 35.0 Å². The SMILES string of the molecule is Cc1ccc(CN2CCN(c3cc(C)nc4c(C)c(C)nn34)CC2=O)cc1. The molecule has 0 radical (unpaired) electrons. The molecule has 1 aliphatic heterocycles. The average Bonchev–Trinajstić information content (AvgIpc) is 2.92. The highest BCUT2D eigenvalue weighted by Crippen LogP contribution is 2.23. The van der Waals surface area contributed by atoms with Crippen LogP contribution in [0, 0.1) is 27.7 Å². The van der Waals surface area contributed by atoms with E-state index in [1.807, 2.05) is 36.3 Å².